The summed E-state index contributed by atoms with van der Waals surface area (Å²) in [5.74, 6) is 0.114. The van der Waals surface area contributed by atoms with Gasteiger partial charge in [0.2, 0.25) is 11.8 Å². The number of nitrogens with zero attached hydrogens (tertiary/aromatic N) is 1. The summed E-state index contributed by atoms with van der Waals surface area (Å²) in [4.78, 5) is 26.0. The fourth-order valence-electron chi connectivity index (χ4n) is 3.57. The lowest BCUT2D eigenvalue weighted by molar-refractivity contribution is -0.141. The molecule has 0 radical (unpaired) electrons. The molecule has 0 spiro atoms. The molecule has 1 saturated carbocycles. The molecule has 0 bridgehead atoms. The Morgan fingerprint density at radius 3 is 2.48 bits per heavy atom. The Morgan fingerprint density at radius 1 is 1.22 bits per heavy atom. The van der Waals surface area contributed by atoms with Crippen molar-refractivity contribution in [3.8, 4) is 5.75 Å². The Bertz CT molecular complexity index is 576. The molecule has 2 fully saturated rings. The van der Waals surface area contributed by atoms with Gasteiger partial charge in [0.15, 0.2) is 0 Å². The topological polar surface area (TPSA) is 66.8 Å². The van der Waals surface area contributed by atoms with Crippen LogP contribution in [0.3, 0.4) is 0 Å². The Balaban J connectivity index is 1.56. The van der Waals surface area contributed by atoms with Crippen LogP contribution in [-0.4, -0.2) is 41.1 Å². The second-order valence-corrected chi connectivity index (χ2v) is 6.57. The van der Waals surface area contributed by atoms with Gasteiger partial charge in [0.05, 0.1) is 18.4 Å². The van der Waals surface area contributed by atoms with Crippen molar-refractivity contribution < 1.29 is 19.4 Å². The quantitative estimate of drug-likeness (QED) is 0.843. The average molecular weight is 317 g/mol. The Hall–Kier alpha value is -1.88. The minimum Gasteiger partial charge on any atom is -0.491 e. The first-order valence-electron chi connectivity index (χ1n) is 8.29. The van der Waals surface area contributed by atoms with E-state index in [0.717, 1.165) is 31.2 Å². The molecule has 2 amide bonds. The molecule has 1 aliphatic heterocycles. The smallest absolute Gasteiger partial charge is 0.233 e. The summed E-state index contributed by atoms with van der Waals surface area (Å²) in [5.41, 5.74) is 1.07. The predicted molar refractivity (Wildman–Crippen MR) is 84.8 cm³/mol. The molecule has 3 unspecified atom stereocenters. The lowest BCUT2D eigenvalue weighted by atomic mass is 9.81. The van der Waals surface area contributed by atoms with Gasteiger partial charge in [0.1, 0.15) is 18.5 Å². The molecule has 1 aromatic rings. The highest BCUT2D eigenvalue weighted by Crippen LogP contribution is 2.37. The van der Waals surface area contributed by atoms with Gasteiger partial charge in [0.25, 0.3) is 0 Å². The number of amides is 2. The molecule has 2 aliphatic rings. The number of hydrogen-bond acceptors (Lipinski definition) is 4. The summed E-state index contributed by atoms with van der Waals surface area (Å²) in [6, 6.07) is 7.55. The molecule has 1 aliphatic carbocycles. The summed E-state index contributed by atoms with van der Waals surface area (Å²) >= 11 is 0. The first-order valence-corrected chi connectivity index (χ1v) is 8.29. The third-order valence-electron chi connectivity index (χ3n) is 4.76. The molecule has 5 nitrogen and oxygen atoms in total. The number of hydrogen-bond donors (Lipinski definition) is 1. The van der Waals surface area contributed by atoms with E-state index in [-0.39, 0.29) is 36.8 Å². The van der Waals surface area contributed by atoms with Crippen LogP contribution in [0.15, 0.2) is 24.3 Å². The van der Waals surface area contributed by atoms with E-state index in [1.165, 1.54) is 4.90 Å². The maximum absolute atomic E-state index is 12.4. The summed E-state index contributed by atoms with van der Waals surface area (Å²) in [6.07, 6.45) is 2.73. The fourth-order valence-corrected chi connectivity index (χ4v) is 3.57. The molecule has 3 rings (SSSR count). The predicted octanol–water partition coefficient (Wildman–Crippen LogP) is 1.91. The summed E-state index contributed by atoms with van der Waals surface area (Å²) in [5, 5.41) is 10.1. The zero-order chi connectivity index (χ0) is 16.4. The van der Waals surface area contributed by atoms with Crippen molar-refractivity contribution in [1.82, 2.24) is 4.90 Å². The molecule has 3 atom stereocenters. The average Bonchev–Trinajstić information content (AvgIpc) is 2.79. The van der Waals surface area contributed by atoms with E-state index in [2.05, 4.69) is 0 Å². The molecule has 124 valence electrons. The van der Waals surface area contributed by atoms with Crippen molar-refractivity contribution in [2.24, 2.45) is 11.8 Å². The molecule has 5 heteroatoms. The highest BCUT2D eigenvalue weighted by molar-refractivity contribution is 6.05. The number of rotatable bonds is 5. The monoisotopic (exact) mass is 317 g/mol. The first kappa shape index (κ1) is 16.0. The largest absolute Gasteiger partial charge is 0.491 e. The molecule has 1 heterocycles. The van der Waals surface area contributed by atoms with Gasteiger partial charge in [-0.2, -0.15) is 0 Å². The van der Waals surface area contributed by atoms with Crippen LogP contribution in [0.25, 0.3) is 0 Å². The minimum atomic E-state index is -0.872. The maximum Gasteiger partial charge on any atom is 0.233 e. The number of carbonyl (C=O) groups is 2. The van der Waals surface area contributed by atoms with Gasteiger partial charge in [0, 0.05) is 0 Å². The zero-order valence-electron chi connectivity index (χ0n) is 13.4. The van der Waals surface area contributed by atoms with E-state index in [4.69, 9.17) is 4.74 Å². The van der Waals surface area contributed by atoms with Crippen LogP contribution >= 0.6 is 0 Å². The molecular weight excluding hydrogens is 294 g/mol. The van der Waals surface area contributed by atoms with Crippen molar-refractivity contribution in [3.05, 3.63) is 29.8 Å². The van der Waals surface area contributed by atoms with Gasteiger partial charge in [-0.15, -0.1) is 0 Å². The molecule has 1 N–H and O–H groups in total. The third kappa shape index (κ3) is 3.39. The van der Waals surface area contributed by atoms with E-state index in [1.54, 1.807) is 0 Å². The molecule has 1 aromatic carbocycles. The lowest BCUT2D eigenvalue weighted by Gasteiger charge is -2.19. The standard InChI is InChI=1S/C18H23NO4/c1-12-5-4-6-14(9-12)23-11-13(20)10-19-17(21)15-7-2-3-8-16(15)18(19)22/h4-6,9,13,15-16,20H,2-3,7-8,10-11H2,1H3. The first-order chi connectivity index (χ1) is 11.1. The fraction of sp³-hybridized carbons (Fsp3) is 0.556. The van der Waals surface area contributed by atoms with Crippen molar-refractivity contribution >= 4 is 11.8 Å². The van der Waals surface area contributed by atoms with Crippen LogP contribution in [-0.2, 0) is 9.59 Å². The van der Waals surface area contributed by atoms with Crippen LogP contribution in [0.2, 0.25) is 0 Å². The van der Waals surface area contributed by atoms with Crippen molar-refractivity contribution in [1.29, 1.82) is 0 Å². The normalized spacial score (nSPS) is 25.4. The molecule has 23 heavy (non-hydrogen) atoms. The maximum atomic E-state index is 12.4. The number of β-amino-alcohol motifs (C(OH)–C–C–N with tert-alkyl or cyclic N) is 1. The second-order valence-electron chi connectivity index (χ2n) is 6.57. The van der Waals surface area contributed by atoms with Crippen LogP contribution in [0.5, 0.6) is 5.75 Å². The summed E-state index contributed by atoms with van der Waals surface area (Å²) < 4.78 is 5.55. The summed E-state index contributed by atoms with van der Waals surface area (Å²) in [6.45, 7) is 2.05. The van der Waals surface area contributed by atoms with Gasteiger partial charge in [-0.25, -0.2) is 0 Å². The van der Waals surface area contributed by atoms with Crippen molar-refractivity contribution in [2.75, 3.05) is 13.2 Å². The van der Waals surface area contributed by atoms with E-state index in [9.17, 15) is 14.7 Å². The Morgan fingerprint density at radius 2 is 1.87 bits per heavy atom. The van der Waals surface area contributed by atoms with Crippen LogP contribution < -0.4 is 4.74 Å². The van der Waals surface area contributed by atoms with Gasteiger partial charge < -0.3 is 9.84 Å². The van der Waals surface area contributed by atoms with Crippen molar-refractivity contribution in [3.63, 3.8) is 0 Å². The number of fused-ring (bicyclic) bond motifs is 1. The zero-order valence-corrected chi connectivity index (χ0v) is 13.4. The Labute approximate surface area is 136 Å². The number of imide groups is 1. The van der Waals surface area contributed by atoms with E-state index < -0.39 is 6.10 Å². The minimum absolute atomic E-state index is 0.0243. The number of aliphatic hydroxyl groups is 1. The van der Waals surface area contributed by atoms with Gasteiger partial charge in [-0.1, -0.05) is 25.0 Å². The SMILES string of the molecule is Cc1cccc(OCC(O)CN2C(=O)C3CCCCC3C2=O)c1. The van der Waals surface area contributed by atoms with Gasteiger partial charge in [-0.05, 0) is 37.5 Å². The number of aliphatic hydroxyl groups excluding tert-OH is 1. The van der Waals surface area contributed by atoms with Gasteiger partial charge >= 0.3 is 0 Å². The lowest BCUT2D eigenvalue weighted by Crippen LogP contribution is -2.40. The van der Waals surface area contributed by atoms with Crippen molar-refractivity contribution in [2.45, 2.75) is 38.7 Å². The number of aryl methyl sites for hydroxylation is 1. The number of ether oxygens (including phenoxy) is 1. The number of benzene rings is 1. The highest BCUT2D eigenvalue weighted by atomic mass is 16.5. The van der Waals surface area contributed by atoms with E-state index in [1.807, 2.05) is 31.2 Å². The third-order valence-corrected chi connectivity index (χ3v) is 4.76. The second kappa shape index (κ2) is 6.71. The number of likely N-dealkylation sites (tertiary alicyclic amines) is 1. The highest BCUT2D eigenvalue weighted by Gasteiger charge is 2.48. The van der Waals surface area contributed by atoms with E-state index in [0.29, 0.717) is 5.75 Å². The molecule has 1 saturated heterocycles. The van der Waals surface area contributed by atoms with Crippen LogP contribution in [0.1, 0.15) is 31.2 Å². The Kier molecular flexibility index (Phi) is 4.66. The molecule has 0 aromatic heterocycles. The summed E-state index contributed by atoms with van der Waals surface area (Å²) in [7, 11) is 0. The van der Waals surface area contributed by atoms with Gasteiger partial charge in [-0.3, -0.25) is 14.5 Å². The van der Waals surface area contributed by atoms with Crippen LogP contribution in [0.4, 0.5) is 0 Å². The van der Waals surface area contributed by atoms with Crippen LogP contribution in [0, 0.1) is 18.8 Å². The number of carbonyl (C=O) groups excluding carboxylic acids is 2. The van der Waals surface area contributed by atoms with E-state index >= 15 is 0 Å². The molecular formula is C18H23NO4.